The van der Waals surface area contributed by atoms with Crippen molar-refractivity contribution in [3.8, 4) is 0 Å². The van der Waals surface area contributed by atoms with Gasteiger partial charge >= 0.3 is 0 Å². The van der Waals surface area contributed by atoms with E-state index in [4.69, 9.17) is 4.74 Å². The number of allylic oxidation sites excluding steroid dienone is 4. The Labute approximate surface area is 160 Å². The molecular formula is C23H48O2. The minimum atomic E-state index is -0.227. The summed E-state index contributed by atoms with van der Waals surface area (Å²) in [6.07, 6.45) is 13.0. The zero-order valence-corrected chi connectivity index (χ0v) is 18.8. The summed E-state index contributed by atoms with van der Waals surface area (Å²) in [6.45, 7) is 22.2. The van der Waals surface area contributed by atoms with Gasteiger partial charge < -0.3 is 9.84 Å². The molecule has 0 saturated heterocycles. The highest BCUT2D eigenvalue weighted by atomic mass is 16.5. The van der Waals surface area contributed by atoms with E-state index in [-0.39, 0.29) is 12.2 Å². The topological polar surface area (TPSA) is 29.5 Å². The molecule has 2 unspecified atom stereocenters. The minimum absolute atomic E-state index is 0.0911. The number of ether oxygens (including phenoxy) is 1. The van der Waals surface area contributed by atoms with Crippen LogP contribution >= 0.6 is 0 Å². The fraction of sp³-hybridized carbons (Fsp3) is 0.739. The Morgan fingerprint density at radius 1 is 1.00 bits per heavy atom. The Morgan fingerprint density at radius 2 is 1.44 bits per heavy atom. The van der Waals surface area contributed by atoms with Gasteiger partial charge in [0.05, 0.1) is 18.8 Å². The summed E-state index contributed by atoms with van der Waals surface area (Å²) in [5.74, 6) is 0. The first-order valence-electron chi connectivity index (χ1n) is 10.1. The van der Waals surface area contributed by atoms with E-state index in [0.717, 1.165) is 32.3 Å². The van der Waals surface area contributed by atoms with Crippen LogP contribution in [0.4, 0.5) is 0 Å². The molecule has 1 aliphatic carbocycles. The van der Waals surface area contributed by atoms with Gasteiger partial charge in [0.25, 0.3) is 0 Å². The first-order chi connectivity index (χ1) is 12.1. The maximum absolute atomic E-state index is 9.65. The lowest BCUT2D eigenvalue weighted by atomic mass is 9.95. The largest absolute Gasteiger partial charge is 0.390 e. The third-order valence-corrected chi connectivity index (χ3v) is 3.32. The minimum Gasteiger partial charge on any atom is -0.390 e. The van der Waals surface area contributed by atoms with Gasteiger partial charge in [-0.15, -0.1) is 6.58 Å². The Kier molecular flexibility index (Phi) is 39.5. The van der Waals surface area contributed by atoms with E-state index in [9.17, 15) is 5.11 Å². The van der Waals surface area contributed by atoms with Crippen LogP contribution in [0.5, 0.6) is 0 Å². The fourth-order valence-corrected chi connectivity index (χ4v) is 1.79. The highest BCUT2D eigenvalue weighted by Crippen LogP contribution is 2.21. The van der Waals surface area contributed by atoms with Gasteiger partial charge in [-0.2, -0.15) is 0 Å². The van der Waals surface area contributed by atoms with Crippen LogP contribution in [0.2, 0.25) is 0 Å². The van der Waals surface area contributed by atoms with Crippen molar-refractivity contribution in [1.82, 2.24) is 0 Å². The third-order valence-electron chi connectivity index (χ3n) is 3.32. The van der Waals surface area contributed by atoms with Crippen LogP contribution in [0, 0.1) is 0 Å². The van der Waals surface area contributed by atoms with Gasteiger partial charge in [0.2, 0.25) is 0 Å². The van der Waals surface area contributed by atoms with Crippen molar-refractivity contribution in [3.05, 3.63) is 36.5 Å². The standard InChI is InChI=1S/C12H22O2.C4H8.C3H6.2C2H6/c1-3-10(2)8-9-14-12-7-5-4-6-11(12)13;1-3-4-2;1-3-2;2*1-2/h3,11-13H,4-9H2,1-2H3;3-4H,1-2H3;3H,1H2,2H3;2*1-2H3/b10-3+;4-3-;;;. The average Bonchev–Trinajstić information content (AvgIpc) is 2.67. The molecule has 0 aliphatic heterocycles. The highest BCUT2D eigenvalue weighted by molar-refractivity contribution is 4.95. The van der Waals surface area contributed by atoms with Crippen molar-refractivity contribution >= 4 is 0 Å². The molecule has 1 rings (SSSR count). The Morgan fingerprint density at radius 3 is 1.80 bits per heavy atom. The van der Waals surface area contributed by atoms with E-state index in [1.54, 1.807) is 6.08 Å². The fourth-order valence-electron chi connectivity index (χ4n) is 1.79. The summed E-state index contributed by atoms with van der Waals surface area (Å²) < 4.78 is 5.68. The second-order valence-corrected chi connectivity index (χ2v) is 5.22. The van der Waals surface area contributed by atoms with E-state index in [1.165, 1.54) is 12.0 Å². The molecule has 0 aromatic heterocycles. The molecule has 1 saturated carbocycles. The predicted molar refractivity (Wildman–Crippen MR) is 117 cm³/mol. The zero-order valence-electron chi connectivity index (χ0n) is 18.8. The molecule has 0 spiro atoms. The number of aliphatic hydroxyl groups excluding tert-OH is 1. The number of hydrogen-bond donors (Lipinski definition) is 1. The summed E-state index contributed by atoms with van der Waals surface area (Å²) >= 11 is 0. The first-order valence-corrected chi connectivity index (χ1v) is 10.1. The van der Waals surface area contributed by atoms with Crippen molar-refractivity contribution in [1.29, 1.82) is 0 Å². The molecule has 2 heteroatoms. The van der Waals surface area contributed by atoms with Crippen LogP contribution in [0.25, 0.3) is 0 Å². The summed E-state index contributed by atoms with van der Waals surface area (Å²) in [4.78, 5) is 0. The molecule has 0 amide bonds. The van der Waals surface area contributed by atoms with Gasteiger partial charge in [-0.3, -0.25) is 0 Å². The lowest BCUT2D eigenvalue weighted by molar-refractivity contribution is -0.0575. The van der Waals surface area contributed by atoms with Crippen molar-refractivity contribution in [2.45, 2.75) is 107 Å². The van der Waals surface area contributed by atoms with E-state index >= 15 is 0 Å². The van der Waals surface area contributed by atoms with E-state index < -0.39 is 0 Å². The van der Waals surface area contributed by atoms with E-state index in [1.807, 2.05) is 67.5 Å². The molecule has 0 radical (unpaired) electrons. The quantitative estimate of drug-likeness (QED) is 0.529. The van der Waals surface area contributed by atoms with Gasteiger partial charge in [0, 0.05) is 0 Å². The van der Waals surface area contributed by atoms with Gasteiger partial charge in [-0.25, -0.2) is 0 Å². The second kappa shape index (κ2) is 31.0. The molecular weight excluding hydrogens is 308 g/mol. The number of rotatable bonds is 4. The molecule has 25 heavy (non-hydrogen) atoms. The lowest BCUT2D eigenvalue weighted by Gasteiger charge is -2.27. The van der Waals surface area contributed by atoms with Crippen LogP contribution < -0.4 is 0 Å². The normalized spacial score (nSPS) is 18.9. The first kappa shape index (κ1) is 31.9. The zero-order chi connectivity index (χ0) is 20.5. The second-order valence-electron chi connectivity index (χ2n) is 5.22. The van der Waals surface area contributed by atoms with E-state index in [2.05, 4.69) is 19.6 Å². The number of aliphatic hydroxyl groups is 1. The smallest absolute Gasteiger partial charge is 0.0834 e. The molecule has 1 aliphatic rings. The Bertz CT molecular complexity index is 276. The predicted octanol–water partition coefficient (Wildman–Crippen LogP) is 7.49. The molecule has 1 fully saturated rings. The molecule has 0 aromatic carbocycles. The Balaban J connectivity index is -0.000000167. The average molecular weight is 357 g/mol. The van der Waals surface area contributed by atoms with Gasteiger partial charge in [-0.1, -0.05) is 70.4 Å². The van der Waals surface area contributed by atoms with Crippen LogP contribution in [0.3, 0.4) is 0 Å². The van der Waals surface area contributed by atoms with Crippen molar-refractivity contribution < 1.29 is 9.84 Å². The summed E-state index contributed by atoms with van der Waals surface area (Å²) in [5.41, 5.74) is 1.36. The Hall–Kier alpha value is -0.860. The third kappa shape index (κ3) is 28.2. The SMILES string of the molecule is C/C=C(\C)CCOC1CCCCC1O.C/C=C\C.C=CC.CC.CC. The lowest BCUT2D eigenvalue weighted by Crippen LogP contribution is -2.32. The van der Waals surface area contributed by atoms with Crippen molar-refractivity contribution in [2.24, 2.45) is 0 Å². The van der Waals surface area contributed by atoms with Gasteiger partial charge in [0.1, 0.15) is 0 Å². The molecule has 0 heterocycles. The van der Waals surface area contributed by atoms with Gasteiger partial charge in [0.15, 0.2) is 0 Å². The van der Waals surface area contributed by atoms with Crippen molar-refractivity contribution in [3.63, 3.8) is 0 Å². The number of hydrogen-bond acceptors (Lipinski definition) is 2. The van der Waals surface area contributed by atoms with Crippen LogP contribution in [-0.4, -0.2) is 23.9 Å². The van der Waals surface area contributed by atoms with Crippen LogP contribution in [0.1, 0.15) is 94.4 Å². The summed E-state index contributed by atoms with van der Waals surface area (Å²) in [6, 6.07) is 0. The summed E-state index contributed by atoms with van der Waals surface area (Å²) in [7, 11) is 0. The monoisotopic (exact) mass is 356 g/mol. The van der Waals surface area contributed by atoms with Crippen LogP contribution in [0.15, 0.2) is 36.5 Å². The molecule has 1 N–H and O–H groups in total. The summed E-state index contributed by atoms with van der Waals surface area (Å²) in [5, 5.41) is 9.65. The molecule has 2 atom stereocenters. The van der Waals surface area contributed by atoms with Crippen molar-refractivity contribution in [2.75, 3.05) is 6.61 Å². The van der Waals surface area contributed by atoms with E-state index in [0.29, 0.717) is 0 Å². The maximum atomic E-state index is 9.65. The molecule has 0 bridgehead atoms. The maximum Gasteiger partial charge on any atom is 0.0834 e. The highest BCUT2D eigenvalue weighted by Gasteiger charge is 2.23. The molecule has 2 nitrogen and oxygen atoms in total. The van der Waals surface area contributed by atoms with Crippen LogP contribution in [-0.2, 0) is 4.74 Å². The molecule has 152 valence electrons. The molecule has 0 aromatic rings. The van der Waals surface area contributed by atoms with Gasteiger partial charge in [-0.05, 0) is 53.9 Å².